The van der Waals surface area contributed by atoms with E-state index in [-0.39, 0.29) is 23.4 Å². The minimum Gasteiger partial charge on any atom is -0.497 e. The summed E-state index contributed by atoms with van der Waals surface area (Å²) in [6.45, 7) is 2.70. The van der Waals surface area contributed by atoms with Gasteiger partial charge in [-0.15, -0.1) is 4.40 Å². The number of rotatable bonds is 4. The van der Waals surface area contributed by atoms with Gasteiger partial charge >= 0.3 is 10.2 Å². The third kappa shape index (κ3) is 3.85. The number of hydrogen-bond donors (Lipinski definition) is 0. The zero-order valence-electron chi connectivity index (χ0n) is 15.9. The van der Waals surface area contributed by atoms with Gasteiger partial charge in [-0.3, -0.25) is 4.79 Å². The lowest BCUT2D eigenvalue weighted by atomic mass is 9.99. The van der Waals surface area contributed by atoms with Gasteiger partial charge in [0.15, 0.2) is 0 Å². The summed E-state index contributed by atoms with van der Waals surface area (Å²) >= 11 is 0. The van der Waals surface area contributed by atoms with Crippen LogP contribution in [0.4, 0.5) is 0 Å². The third-order valence-corrected chi connectivity index (χ3v) is 6.45. The lowest BCUT2D eigenvalue weighted by Gasteiger charge is -2.37. The molecule has 1 aromatic rings. The number of ether oxygens (including phenoxy) is 1. The monoisotopic (exact) mass is 391 g/mol. The van der Waals surface area contributed by atoms with Gasteiger partial charge in [-0.1, -0.05) is 6.92 Å². The number of likely N-dealkylation sites (N-methyl/N-ethyl adjacent to an activating group) is 1. The Kier molecular flexibility index (Phi) is 5.55. The molecule has 2 aliphatic heterocycles. The van der Waals surface area contributed by atoms with Crippen LogP contribution in [-0.2, 0) is 15.0 Å². The first-order chi connectivity index (χ1) is 12.9. The Bertz CT molecular complexity index is 875. The summed E-state index contributed by atoms with van der Waals surface area (Å²) in [5.74, 6) is 0.406. The number of methoxy groups -OCH3 is 1. The minimum absolute atomic E-state index is 0.135. The molecule has 0 bridgehead atoms. The number of carbonyl (C=O) groups excluding carboxylic acids is 1. The Hall–Kier alpha value is -2.35. The van der Waals surface area contributed by atoms with Crippen molar-refractivity contribution < 1.29 is 17.9 Å². The fraction of sp³-hybridized carbons (Fsp3) is 0.474. The largest absolute Gasteiger partial charge is 0.497 e. The van der Waals surface area contributed by atoms with Crippen molar-refractivity contribution in [3.63, 3.8) is 0 Å². The highest BCUT2D eigenvalue weighted by Crippen LogP contribution is 2.26. The second-order valence-electron chi connectivity index (χ2n) is 6.74. The molecule has 0 unspecified atom stereocenters. The standard InChI is InChI=1S/C19H25N3O4S/c1-4-15-7-5-6-12-22(15)19(23)18-13-17(20-27(24,25)21(18)2)14-8-10-16(26-3)11-9-14/h8-11,13,15H,4-7,12H2,1-3H3/t15-/m1/s1. The number of allylic oxidation sites excluding steroid dienone is 1. The average molecular weight is 391 g/mol. The van der Waals surface area contributed by atoms with Gasteiger partial charge in [0.25, 0.3) is 5.91 Å². The molecule has 2 heterocycles. The number of hydrogen-bond acceptors (Lipinski definition) is 4. The van der Waals surface area contributed by atoms with Crippen LogP contribution < -0.4 is 4.74 Å². The van der Waals surface area contributed by atoms with E-state index >= 15 is 0 Å². The molecule has 0 radical (unpaired) electrons. The summed E-state index contributed by atoms with van der Waals surface area (Å²) < 4.78 is 35.1. The van der Waals surface area contributed by atoms with Crippen LogP contribution in [0.1, 0.15) is 38.2 Å². The Morgan fingerprint density at radius 1 is 1.26 bits per heavy atom. The maximum absolute atomic E-state index is 13.2. The molecular formula is C19H25N3O4S. The van der Waals surface area contributed by atoms with E-state index in [2.05, 4.69) is 11.3 Å². The number of amides is 1. The molecule has 0 aliphatic carbocycles. The highest BCUT2D eigenvalue weighted by molar-refractivity contribution is 7.88. The number of piperidine rings is 1. The predicted octanol–water partition coefficient (Wildman–Crippen LogP) is 2.35. The van der Waals surface area contributed by atoms with Crippen molar-refractivity contribution in [2.24, 2.45) is 4.40 Å². The Morgan fingerprint density at radius 2 is 1.96 bits per heavy atom. The average Bonchev–Trinajstić information content (AvgIpc) is 2.69. The van der Waals surface area contributed by atoms with Crippen LogP contribution in [-0.4, -0.2) is 56.0 Å². The molecule has 3 rings (SSSR count). The van der Waals surface area contributed by atoms with Gasteiger partial charge in [-0.05, 0) is 56.0 Å². The molecule has 1 atom stereocenters. The maximum Gasteiger partial charge on any atom is 0.345 e. The van der Waals surface area contributed by atoms with Crippen molar-refractivity contribution in [2.75, 3.05) is 20.7 Å². The van der Waals surface area contributed by atoms with Crippen LogP contribution in [0, 0.1) is 0 Å². The maximum atomic E-state index is 13.2. The zero-order chi connectivity index (χ0) is 19.6. The molecule has 146 valence electrons. The summed E-state index contributed by atoms with van der Waals surface area (Å²) in [7, 11) is -1.02. The van der Waals surface area contributed by atoms with Crippen LogP contribution in [0.25, 0.3) is 0 Å². The smallest absolute Gasteiger partial charge is 0.345 e. The molecule has 1 amide bonds. The van der Waals surface area contributed by atoms with Crippen LogP contribution in [0.3, 0.4) is 0 Å². The summed E-state index contributed by atoms with van der Waals surface area (Å²) in [6, 6.07) is 7.07. The molecule has 0 saturated carbocycles. The molecule has 1 saturated heterocycles. The summed E-state index contributed by atoms with van der Waals surface area (Å²) in [5.41, 5.74) is 1.00. The summed E-state index contributed by atoms with van der Waals surface area (Å²) in [4.78, 5) is 15.0. The molecule has 0 N–H and O–H groups in total. The van der Waals surface area contributed by atoms with Crippen LogP contribution in [0.2, 0.25) is 0 Å². The molecule has 0 aromatic heterocycles. The highest BCUT2D eigenvalue weighted by atomic mass is 32.2. The molecule has 1 aromatic carbocycles. The molecule has 8 heteroatoms. The lowest BCUT2D eigenvalue weighted by molar-refractivity contribution is -0.131. The van der Waals surface area contributed by atoms with Crippen LogP contribution >= 0.6 is 0 Å². The number of benzene rings is 1. The normalized spacial score (nSPS) is 22.1. The van der Waals surface area contributed by atoms with Crippen molar-refractivity contribution in [3.05, 3.63) is 41.6 Å². The van der Waals surface area contributed by atoms with Crippen LogP contribution in [0.15, 0.2) is 40.4 Å². The molecule has 1 fully saturated rings. The Balaban J connectivity index is 1.98. The van der Waals surface area contributed by atoms with E-state index in [0.717, 1.165) is 30.0 Å². The highest BCUT2D eigenvalue weighted by Gasteiger charge is 2.35. The van der Waals surface area contributed by atoms with Gasteiger partial charge in [0.05, 0.1) is 12.8 Å². The summed E-state index contributed by atoms with van der Waals surface area (Å²) in [5, 5.41) is 0. The molecule has 27 heavy (non-hydrogen) atoms. The topological polar surface area (TPSA) is 79.3 Å². The van der Waals surface area contributed by atoms with Gasteiger partial charge in [-0.2, -0.15) is 8.42 Å². The zero-order valence-corrected chi connectivity index (χ0v) is 16.7. The van der Waals surface area contributed by atoms with Gasteiger partial charge in [0.1, 0.15) is 11.4 Å². The van der Waals surface area contributed by atoms with Crippen molar-refractivity contribution in [1.82, 2.24) is 9.21 Å². The number of carbonyl (C=O) groups is 1. The van der Waals surface area contributed by atoms with Crippen molar-refractivity contribution in [2.45, 2.75) is 38.6 Å². The predicted molar refractivity (Wildman–Crippen MR) is 104 cm³/mol. The first kappa shape index (κ1) is 19.4. The van der Waals surface area contributed by atoms with E-state index in [1.165, 1.54) is 7.05 Å². The fourth-order valence-electron chi connectivity index (χ4n) is 3.49. The second-order valence-corrected chi connectivity index (χ2v) is 8.36. The SMILES string of the molecule is CC[C@@H]1CCCCN1C(=O)C1=CC(c2ccc(OC)cc2)=NS(=O)(=O)N1C. The van der Waals surface area contributed by atoms with Gasteiger partial charge in [0, 0.05) is 25.2 Å². The molecule has 2 aliphatic rings. The first-order valence-corrected chi connectivity index (χ1v) is 10.5. The van der Waals surface area contributed by atoms with E-state index in [9.17, 15) is 13.2 Å². The quantitative estimate of drug-likeness (QED) is 0.789. The summed E-state index contributed by atoms with van der Waals surface area (Å²) in [6.07, 6.45) is 5.40. The van der Waals surface area contributed by atoms with E-state index in [0.29, 0.717) is 17.9 Å². The number of nitrogens with zero attached hydrogens (tertiary/aromatic N) is 3. The Labute approximate surface area is 160 Å². The van der Waals surface area contributed by atoms with E-state index in [1.54, 1.807) is 42.4 Å². The lowest BCUT2D eigenvalue weighted by Crippen LogP contribution is -2.47. The van der Waals surface area contributed by atoms with Crippen molar-refractivity contribution in [1.29, 1.82) is 0 Å². The third-order valence-electron chi connectivity index (χ3n) is 5.14. The first-order valence-electron chi connectivity index (χ1n) is 9.13. The minimum atomic E-state index is -3.96. The molecular weight excluding hydrogens is 366 g/mol. The van der Waals surface area contributed by atoms with E-state index in [1.807, 2.05) is 0 Å². The van der Waals surface area contributed by atoms with E-state index < -0.39 is 10.2 Å². The Morgan fingerprint density at radius 3 is 2.59 bits per heavy atom. The van der Waals surface area contributed by atoms with Gasteiger partial charge < -0.3 is 9.64 Å². The van der Waals surface area contributed by atoms with Gasteiger partial charge in [-0.25, -0.2) is 4.31 Å². The van der Waals surface area contributed by atoms with E-state index in [4.69, 9.17) is 4.74 Å². The fourth-order valence-corrected chi connectivity index (χ4v) is 4.40. The van der Waals surface area contributed by atoms with Crippen molar-refractivity contribution >= 4 is 21.8 Å². The second kappa shape index (κ2) is 7.72. The molecule has 0 spiro atoms. The molecule has 7 nitrogen and oxygen atoms in total. The van der Waals surface area contributed by atoms with Crippen molar-refractivity contribution in [3.8, 4) is 5.75 Å². The number of likely N-dealkylation sites (tertiary alicyclic amines) is 1. The van der Waals surface area contributed by atoms with Crippen LogP contribution in [0.5, 0.6) is 5.75 Å². The van der Waals surface area contributed by atoms with Gasteiger partial charge in [0.2, 0.25) is 0 Å².